The molecule has 0 bridgehead atoms. The number of ether oxygens (including phenoxy) is 2. The van der Waals surface area contributed by atoms with Crippen LogP contribution in [0.5, 0.6) is 0 Å². The number of nitrogens with one attached hydrogen (secondary N) is 2. The van der Waals surface area contributed by atoms with Crippen molar-refractivity contribution in [2.75, 3.05) is 39.9 Å². The number of guanidine groups is 1. The fourth-order valence-electron chi connectivity index (χ4n) is 4.81. The lowest BCUT2D eigenvalue weighted by atomic mass is 9.67. The van der Waals surface area contributed by atoms with Crippen LogP contribution in [0.15, 0.2) is 29.3 Å². The third-order valence-electron chi connectivity index (χ3n) is 6.64. The summed E-state index contributed by atoms with van der Waals surface area (Å²) in [5.74, 6) is 0.912. The fraction of sp³-hybridized carbons (Fsp3) is 0.720. The summed E-state index contributed by atoms with van der Waals surface area (Å²) in [5, 5.41) is 7.03. The van der Waals surface area contributed by atoms with Gasteiger partial charge in [-0.1, -0.05) is 30.7 Å². The summed E-state index contributed by atoms with van der Waals surface area (Å²) in [6, 6.07) is 8.70. The lowest BCUT2D eigenvalue weighted by molar-refractivity contribution is -0.0705. The van der Waals surface area contributed by atoms with Gasteiger partial charge in [-0.3, -0.25) is 4.90 Å². The molecule has 2 aliphatic rings. The third kappa shape index (κ3) is 8.15. The van der Waals surface area contributed by atoms with Crippen LogP contribution in [0.3, 0.4) is 0 Å². The second kappa shape index (κ2) is 13.7. The number of methoxy groups -OCH3 is 1. The molecule has 1 aromatic rings. The molecule has 0 spiro atoms. The van der Waals surface area contributed by atoms with Gasteiger partial charge in [-0.15, -0.1) is 24.0 Å². The van der Waals surface area contributed by atoms with Crippen LogP contribution in [0.1, 0.15) is 57.6 Å². The van der Waals surface area contributed by atoms with Gasteiger partial charge in [-0.2, -0.15) is 0 Å². The highest BCUT2D eigenvalue weighted by molar-refractivity contribution is 14.0. The van der Waals surface area contributed by atoms with Gasteiger partial charge in [0, 0.05) is 46.4 Å². The summed E-state index contributed by atoms with van der Waals surface area (Å²) >= 11 is 0. The molecule has 1 saturated carbocycles. The molecule has 1 aliphatic heterocycles. The molecule has 6 nitrogen and oxygen atoms in total. The van der Waals surface area contributed by atoms with E-state index in [9.17, 15) is 0 Å². The quantitative estimate of drug-likeness (QED) is 0.257. The molecule has 0 radical (unpaired) electrons. The smallest absolute Gasteiger partial charge is 0.191 e. The largest absolute Gasteiger partial charge is 0.385 e. The number of halogens is 1. The van der Waals surface area contributed by atoms with Gasteiger partial charge in [-0.25, -0.2) is 4.99 Å². The van der Waals surface area contributed by atoms with Crippen molar-refractivity contribution >= 4 is 29.9 Å². The zero-order valence-corrected chi connectivity index (χ0v) is 22.7. The number of rotatable bonds is 10. The first-order valence-electron chi connectivity index (χ1n) is 12.0. The molecule has 2 atom stereocenters. The van der Waals surface area contributed by atoms with Gasteiger partial charge >= 0.3 is 0 Å². The normalized spacial score (nSPS) is 23.2. The standard InChI is InChI=1S/C25H42N4O2.HI/c1-5-26-24(28-19-25(11-8-12-25)13-14-30-4)27-15-22-9-6-7-10-23(22)18-29-16-20(2)31-21(3)17-29;/h6-7,9-10,20-21H,5,8,11-19H2,1-4H3,(H2,26,27,28);1H. The molecule has 1 aliphatic carbocycles. The van der Waals surface area contributed by atoms with Crippen LogP contribution in [0.2, 0.25) is 0 Å². The van der Waals surface area contributed by atoms with Crippen molar-refractivity contribution in [1.29, 1.82) is 0 Å². The molecule has 7 heteroatoms. The van der Waals surface area contributed by atoms with Crippen LogP contribution in [0, 0.1) is 5.41 Å². The predicted octanol–water partition coefficient (Wildman–Crippen LogP) is 4.18. The summed E-state index contributed by atoms with van der Waals surface area (Å²) in [5.41, 5.74) is 3.02. The minimum Gasteiger partial charge on any atom is -0.385 e. The minimum absolute atomic E-state index is 0. The average molecular weight is 559 g/mol. The number of morpholine rings is 1. The van der Waals surface area contributed by atoms with E-state index in [4.69, 9.17) is 14.5 Å². The first kappa shape index (κ1) is 27.3. The Kier molecular flexibility index (Phi) is 11.7. The maximum atomic E-state index is 5.90. The lowest BCUT2D eigenvalue weighted by Crippen LogP contribution is -2.47. The van der Waals surface area contributed by atoms with Gasteiger partial charge in [0.1, 0.15) is 0 Å². The number of hydrogen-bond acceptors (Lipinski definition) is 4. The molecular formula is C25H43IN4O2. The minimum atomic E-state index is 0. The maximum absolute atomic E-state index is 5.90. The van der Waals surface area contributed by atoms with Crippen LogP contribution < -0.4 is 10.6 Å². The van der Waals surface area contributed by atoms with E-state index in [1.54, 1.807) is 7.11 Å². The molecule has 32 heavy (non-hydrogen) atoms. The molecule has 2 N–H and O–H groups in total. The van der Waals surface area contributed by atoms with E-state index >= 15 is 0 Å². The summed E-state index contributed by atoms with van der Waals surface area (Å²) in [6.07, 6.45) is 5.58. The van der Waals surface area contributed by atoms with Crippen molar-refractivity contribution in [2.45, 2.75) is 71.8 Å². The SMILES string of the molecule is CCNC(=NCc1ccccc1CN1CC(C)OC(C)C1)NCC1(CCOC)CCC1.I. The van der Waals surface area contributed by atoms with Crippen molar-refractivity contribution in [3.05, 3.63) is 35.4 Å². The summed E-state index contributed by atoms with van der Waals surface area (Å²) in [7, 11) is 1.79. The molecule has 1 aromatic carbocycles. The second-order valence-electron chi connectivity index (χ2n) is 9.37. The topological polar surface area (TPSA) is 58.1 Å². The second-order valence-corrected chi connectivity index (χ2v) is 9.37. The molecule has 1 heterocycles. The maximum Gasteiger partial charge on any atom is 0.191 e. The van der Waals surface area contributed by atoms with Crippen LogP contribution in [-0.4, -0.2) is 63.0 Å². The number of nitrogens with zero attached hydrogens (tertiary/aromatic N) is 2. The van der Waals surface area contributed by atoms with Gasteiger partial charge in [0.05, 0.1) is 18.8 Å². The molecule has 0 aromatic heterocycles. The Balaban J connectivity index is 0.00000363. The number of hydrogen-bond donors (Lipinski definition) is 2. The van der Waals surface area contributed by atoms with Crippen LogP contribution in [0.4, 0.5) is 0 Å². The van der Waals surface area contributed by atoms with Gasteiger partial charge in [0.25, 0.3) is 0 Å². The highest BCUT2D eigenvalue weighted by Crippen LogP contribution is 2.43. The zero-order chi connectivity index (χ0) is 22.1. The van der Waals surface area contributed by atoms with Crippen molar-refractivity contribution in [3.8, 4) is 0 Å². The number of benzene rings is 1. The van der Waals surface area contributed by atoms with Gasteiger partial charge in [0.2, 0.25) is 0 Å². The molecular weight excluding hydrogens is 515 g/mol. The van der Waals surface area contributed by atoms with Crippen molar-refractivity contribution in [2.24, 2.45) is 10.4 Å². The van der Waals surface area contributed by atoms with Crippen molar-refractivity contribution < 1.29 is 9.47 Å². The Morgan fingerprint density at radius 3 is 2.44 bits per heavy atom. The Morgan fingerprint density at radius 2 is 1.84 bits per heavy atom. The fourth-order valence-corrected chi connectivity index (χ4v) is 4.81. The van der Waals surface area contributed by atoms with Gasteiger partial charge < -0.3 is 20.1 Å². The number of aliphatic imine (C=N–C) groups is 1. The lowest BCUT2D eigenvalue weighted by Gasteiger charge is -2.42. The van der Waals surface area contributed by atoms with E-state index in [1.165, 1.54) is 30.4 Å². The van der Waals surface area contributed by atoms with Crippen LogP contribution in [-0.2, 0) is 22.6 Å². The molecule has 2 fully saturated rings. The Labute approximate surface area is 211 Å². The van der Waals surface area contributed by atoms with Gasteiger partial charge in [-0.05, 0) is 56.6 Å². The third-order valence-corrected chi connectivity index (χ3v) is 6.64. The molecule has 3 rings (SSSR count). The van der Waals surface area contributed by atoms with Crippen LogP contribution >= 0.6 is 24.0 Å². The van der Waals surface area contributed by atoms with Crippen LogP contribution in [0.25, 0.3) is 0 Å². The van der Waals surface area contributed by atoms with Gasteiger partial charge in [0.15, 0.2) is 5.96 Å². The van der Waals surface area contributed by atoms with E-state index in [-0.39, 0.29) is 36.2 Å². The van der Waals surface area contributed by atoms with E-state index in [1.807, 2.05) is 0 Å². The van der Waals surface area contributed by atoms with E-state index < -0.39 is 0 Å². The average Bonchev–Trinajstić information content (AvgIpc) is 2.71. The first-order valence-corrected chi connectivity index (χ1v) is 12.0. The highest BCUT2D eigenvalue weighted by Gasteiger charge is 2.36. The summed E-state index contributed by atoms with van der Waals surface area (Å²) in [4.78, 5) is 7.43. The van der Waals surface area contributed by atoms with E-state index in [0.717, 1.165) is 51.7 Å². The highest BCUT2D eigenvalue weighted by atomic mass is 127. The molecule has 182 valence electrons. The van der Waals surface area contributed by atoms with Crippen molar-refractivity contribution in [3.63, 3.8) is 0 Å². The zero-order valence-electron chi connectivity index (χ0n) is 20.4. The van der Waals surface area contributed by atoms with Crippen molar-refractivity contribution in [1.82, 2.24) is 15.5 Å². The molecule has 2 unspecified atom stereocenters. The summed E-state index contributed by atoms with van der Waals surface area (Å²) in [6.45, 7) is 12.7. The predicted molar refractivity (Wildman–Crippen MR) is 143 cm³/mol. The monoisotopic (exact) mass is 558 g/mol. The molecule has 1 saturated heterocycles. The Morgan fingerprint density at radius 1 is 1.16 bits per heavy atom. The first-order chi connectivity index (χ1) is 15.0. The summed E-state index contributed by atoms with van der Waals surface area (Å²) < 4.78 is 11.2. The Hall–Kier alpha value is -0.900. The Bertz CT molecular complexity index is 701. The molecule has 0 amide bonds. The van der Waals surface area contributed by atoms with E-state index in [2.05, 4.69) is 60.6 Å². The van der Waals surface area contributed by atoms with E-state index in [0.29, 0.717) is 12.0 Å².